The summed E-state index contributed by atoms with van der Waals surface area (Å²) >= 11 is 5.81. The molecule has 1 aliphatic rings. The van der Waals surface area contributed by atoms with Gasteiger partial charge in [0.2, 0.25) is 0 Å². The maximum atomic E-state index is 12.2. The van der Waals surface area contributed by atoms with Gasteiger partial charge in [-0.1, -0.05) is 35.9 Å². The van der Waals surface area contributed by atoms with E-state index in [2.05, 4.69) is 0 Å². The molecule has 6 nitrogen and oxygen atoms in total. The molecule has 1 aromatic carbocycles. The van der Waals surface area contributed by atoms with Crippen LogP contribution in [0.3, 0.4) is 0 Å². The van der Waals surface area contributed by atoms with Gasteiger partial charge in [-0.2, -0.15) is 0 Å². The number of ketones is 1. The molecule has 1 fully saturated rings. The molecule has 29 heavy (non-hydrogen) atoms. The number of aliphatic carboxylic acids is 1. The fraction of sp³-hybridized carbons (Fsp3) is 0.455. The molecule has 0 unspecified atom stereocenters. The Morgan fingerprint density at radius 1 is 1.28 bits per heavy atom. The number of allylic oxidation sites excluding steroid dienone is 3. The zero-order chi connectivity index (χ0) is 21.2. The van der Waals surface area contributed by atoms with E-state index in [0.29, 0.717) is 30.0 Å². The van der Waals surface area contributed by atoms with Crippen molar-refractivity contribution in [3.63, 3.8) is 0 Å². The second kappa shape index (κ2) is 11.8. The lowest BCUT2D eigenvalue weighted by molar-refractivity contribution is -0.137. The Labute approximate surface area is 175 Å². The van der Waals surface area contributed by atoms with E-state index in [1.807, 2.05) is 12.2 Å². The number of carboxylic acids is 1. The van der Waals surface area contributed by atoms with Gasteiger partial charge in [0.05, 0.1) is 6.10 Å². The van der Waals surface area contributed by atoms with Crippen molar-refractivity contribution in [3.05, 3.63) is 53.6 Å². The van der Waals surface area contributed by atoms with E-state index in [4.69, 9.17) is 21.4 Å². The molecule has 0 amide bonds. The van der Waals surface area contributed by atoms with Crippen LogP contribution < -0.4 is 4.74 Å². The number of ether oxygens (including phenoxy) is 1. The van der Waals surface area contributed by atoms with Gasteiger partial charge in [-0.3, -0.25) is 9.59 Å². The van der Waals surface area contributed by atoms with Gasteiger partial charge in [-0.05, 0) is 43.5 Å². The maximum absolute atomic E-state index is 12.2. The van der Waals surface area contributed by atoms with Crippen LogP contribution in [-0.2, 0) is 9.59 Å². The van der Waals surface area contributed by atoms with E-state index >= 15 is 0 Å². The molecular weight excluding hydrogens is 396 g/mol. The standard InChI is InChI=1S/C22H27ClO6/c23-15-7-10-17(11-8-15)29-14-16(24)9-12-19-18(20(25)13-21(19)26)5-3-1-2-4-6-22(27)28/h1,3,7-12,16,18-20,24-25H,2,4-6,13-14H2,(H,27,28)/b3-1-,12-9+/t16-,18-,19-,20+/m1/s1. The number of aliphatic hydroxyl groups is 2. The quantitative estimate of drug-likeness (QED) is 0.373. The average Bonchev–Trinajstić information content (AvgIpc) is 2.94. The van der Waals surface area contributed by atoms with E-state index in [1.54, 1.807) is 30.3 Å². The first-order valence-corrected chi connectivity index (χ1v) is 10.1. The summed E-state index contributed by atoms with van der Waals surface area (Å²) in [5, 5.41) is 29.5. The maximum Gasteiger partial charge on any atom is 0.303 e. The lowest BCUT2D eigenvalue weighted by atomic mass is 9.90. The van der Waals surface area contributed by atoms with Gasteiger partial charge in [-0.25, -0.2) is 0 Å². The number of carboxylic acid groups (broad SMARTS) is 1. The summed E-state index contributed by atoms with van der Waals surface area (Å²) in [5.74, 6) is -0.999. The number of carbonyl (C=O) groups excluding carboxylic acids is 1. The summed E-state index contributed by atoms with van der Waals surface area (Å²) < 4.78 is 5.48. The van der Waals surface area contributed by atoms with Gasteiger partial charge in [0.25, 0.3) is 0 Å². The molecule has 1 saturated carbocycles. The van der Waals surface area contributed by atoms with Gasteiger partial charge in [0.15, 0.2) is 0 Å². The molecule has 4 atom stereocenters. The predicted molar refractivity (Wildman–Crippen MR) is 110 cm³/mol. The highest BCUT2D eigenvalue weighted by atomic mass is 35.5. The molecule has 1 aromatic rings. The monoisotopic (exact) mass is 422 g/mol. The summed E-state index contributed by atoms with van der Waals surface area (Å²) in [6.07, 6.45) is 7.28. The van der Waals surface area contributed by atoms with Crippen LogP contribution in [0, 0.1) is 11.8 Å². The van der Waals surface area contributed by atoms with Crippen LogP contribution in [0.2, 0.25) is 5.02 Å². The van der Waals surface area contributed by atoms with Crippen LogP contribution in [0.4, 0.5) is 0 Å². The first-order valence-electron chi connectivity index (χ1n) is 9.69. The fourth-order valence-electron chi connectivity index (χ4n) is 3.28. The molecule has 0 radical (unpaired) electrons. The Morgan fingerprint density at radius 2 is 2.00 bits per heavy atom. The van der Waals surface area contributed by atoms with Crippen molar-refractivity contribution in [3.8, 4) is 5.75 Å². The first kappa shape index (κ1) is 23.1. The van der Waals surface area contributed by atoms with Gasteiger partial charge in [0.1, 0.15) is 24.2 Å². The molecular formula is C22H27ClO6. The van der Waals surface area contributed by atoms with Crippen molar-refractivity contribution >= 4 is 23.4 Å². The summed E-state index contributed by atoms with van der Waals surface area (Å²) in [4.78, 5) is 22.7. The molecule has 7 heteroatoms. The fourth-order valence-corrected chi connectivity index (χ4v) is 3.41. The largest absolute Gasteiger partial charge is 0.491 e. The van der Waals surface area contributed by atoms with Gasteiger partial charge in [-0.15, -0.1) is 0 Å². The van der Waals surface area contributed by atoms with Gasteiger partial charge in [0, 0.05) is 29.7 Å². The van der Waals surface area contributed by atoms with Crippen LogP contribution in [0.15, 0.2) is 48.6 Å². The number of aliphatic hydroxyl groups excluding tert-OH is 2. The topological polar surface area (TPSA) is 104 Å². The van der Waals surface area contributed by atoms with Crippen molar-refractivity contribution in [2.45, 2.75) is 44.3 Å². The van der Waals surface area contributed by atoms with Crippen LogP contribution in [0.1, 0.15) is 32.1 Å². The second-order valence-electron chi connectivity index (χ2n) is 7.14. The van der Waals surface area contributed by atoms with E-state index in [-0.39, 0.29) is 31.1 Å². The number of benzene rings is 1. The smallest absolute Gasteiger partial charge is 0.303 e. The Bertz CT molecular complexity index is 727. The third kappa shape index (κ3) is 8.01. The first-order chi connectivity index (χ1) is 13.9. The molecule has 0 heterocycles. The van der Waals surface area contributed by atoms with E-state index < -0.39 is 24.1 Å². The summed E-state index contributed by atoms with van der Waals surface area (Å²) in [7, 11) is 0. The minimum Gasteiger partial charge on any atom is -0.491 e. The van der Waals surface area contributed by atoms with Gasteiger partial charge >= 0.3 is 5.97 Å². The number of hydrogen-bond acceptors (Lipinski definition) is 5. The van der Waals surface area contributed by atoms with Crippen molar-refractivity contribution in [2.24, 2.45) is 11.8 Å². The van der Waals surface area contributed by atoms with Crippen LogP contribution in [0.5, 0.6) is 5.75 Å². The highest BCUT2D eigenvalue weighted by Gasteiger charge is 2.39. The van der Waals surface area contributed by atoms with Crippen LogP contribution in [0.25, 0.3) is 0 Å². The molecule has 2 rings (SSSR count). The summed E-state index contributed by atoms with van der Waals surface area (Å²) in [6.45, 7) is 0.0374. The Morgan fingerprint density at radius 3 is 2.69 bits per heavy atom. The van der Waals surface area contributed by atoms with Crippen LogP contribution in [-0.4, -0.2) is 45.9 Å². The molecule has 158 valence electrons. The van der Waals surface area contributed by atoms with E-state index in [1.165, 1.54) is 6.08 Å². The lowest BCUT2D eigenvalue weighted by Crippen LogP contribution is -2.20. The highest BCUT2D eigenvalue weighted by molar-refractivity contribution is 6.30. The Kier molecular flexibility index (Phi) is 9.38. The van der Waals surface area contributed by atoms with Gasteiger partial charge < -0.3 is 20.1 Å². The number of halogens is 1. The summed E-state index contributed by atoms with van der Waals surface area (Å²) in [6, 6.07) is 6.79. The number of hydrogen-bond donors (Lipinski definition) is 3. The molecule has 1 aliphatic carbocycles. The average molecular weight is 423 g/mol. The van der Waals surface area contributed by atoms with E-state index in [9.17, 15) is 19.8 Å². The number of Topliss-reactive ketones (excluding diaryl/α,β-unsaturated/α-hetero) is 1. The SMILES string of the molecule is O=C(O)CCC/C=C\C[C@H]1[C@@H](O)CC(=O)[C@@H]1/C=C/[C@@H](O)COc1ccc(Cl)cc1. The van der Waals surface area contributed by atoms with Crippen LogP contribution >= 0.6 is 11.6 Å². The Hall–Kier alpha value is -2.15. The van der Waals surface area contributed by atoms with Crippen molar-refractivity contribution in [2.75, 3.05) is 6.61 Å². The number of carbonyl (C=O) groups is 2. The number of rotatable bonds is 11. The lowest BCUT2D eigenvalue weighted by Gasteiger charge is -2.17. The minimum absolute atomic E-state index is 0.0374. The van der Waals surface area contributed by atoms with Crippen molar-refractivity contribution < 1.29 is 29.6 Å². The molecule has 0 saturated heterocycles. The van der Waals surface area contributed by atoms with Crippen molar-refractivity contribution in [1.29, 1.82) is 0 Å². The summed E-state index contributed by atoms with van der Waals surface area (Å²) in [5.41, 5.74) is 0. The minimum atomic E-state index is -0.886. The number of unbranched alkanes of at least 4 members (excludes halogenated alkanes) is 1. The molecule has 0 aromatic heterocycles. The normalized spacial score (nSPS) is 23.1. The third-order valence-corrected chi connectivity index (χ3v) is 5.10. The van der Waals surface area contributed by atoms with Crippen molar-refractivity contribution in [1.82, 2.24) is 0 Å². The molecule has 3 N–H and O–H groups in total. The molecule has 0 bridgehead atoms. The predicted octanol–water partition coefficient (Wildman–Crippen LogP) is 3.40. The molecule has 0 spiro atoms. The highest BCUT2D eigenvalue weighted by Crippen LogP contribution is 2.33. The molecule has 0 aliphatic heterocycles. The third-order valence-electron chi connectivity index (χ3n) is 4.85. The zero-order valence-electron chi connectivity index (χ0n) is 16.1. The Balaban J connectivity index is 1.83. The van der Waals surface area contributed by atoms with E-state index in [0.717, 1.165) is 0 Å². The second-order valence-corrected chi connectivity index (χ2v) is 7.57. The zero-order valence-corrected chi connectivity index (χ0v) is 16.9.